The Balaban J connectivity index is 0.00000448. The van der Waals surface area contributed by atoms with Gasteiger partial charge >= 0.3 is 0 Å². The Morgan fingerprint density at radius 2 is 1.80 bits per heavy atom. The average molecular weight is 749 g/mol. The van der Waals surface area contributed by atoms with Crippen molar-refractivity contribution in [1.82, 2.24) is 19.4 Å². The van der Waals surface area contributed by atoms with Gasteiger partial charge in [0.25, 0.3) is 11.5 Å². The highest BCUT2D eigenvalue weighted by Gasteiger charge is 2.21. The fourth-order valence-corrected chi connectivity index (χ4v) is 6.75. The van der Waals surface area contributed by atoms with Gasteiger partial charge in [-0.3, -0.25) is 29.0 Å². The largest absolute Gasteiger partial charge is 0.493 e. The number of nitrogens with zero attached hydrogens (tertiary/aromatic N) is 4. The Morgan fingerprint density at radius 1 is 1.00 bits per heavy atom. The molecule has 1 saturated heterocycles. The van der Waals surface area contributed by atoms with Crippen molar-refractivity contribution in [3.8, 4) is 33.5 Å². The Kier molecular flexibility index (Phi) is 11.3. The van der Waals surface area contributed by atoms with Crippen LogP contribution in [0.5, 0.6) is 17.2 Å². The zero-order valence-corrected chi connectivity index (χ0v) is 29.7. The standard InChI is InChI=1S/C37H31ClFN5O5S.ClH/c1-2-48-31-12-14-44(26-7-4-24(38)5-8-26)37(46)34(31)36(45)42-25-6-10-30(27(39)19-25)49-32-11-13-40-29-20-33(50-35(29)32)28-9-3-23(21-41-28)22-43-15-17-47-18-16-43;/h3-14,19-21H,2,15-18,22H2,1H3,(H,42,45);1H. The van der Waals surface area contributed by atoms with Crippen LogP contribution in [0.4, 0.5) is 10.1 Å². The summed E-state index contributed by atoms with van der Waals surface area (Å²) in [6.45, 7) is 6.10. The molecule has 51 heavy (non-hydrogen) atoms. The van der Waals surface area contributed by atoms with Gasteiger partial charge in [0.05, 0.1) is 40.6 Å². The highest BCUT2D eigenvalue weighted by Crippen LogP contribution is 2.39. The number of benzene rings is 2. The molecule has 7 rings (SSSR count). The maximum absolute atomic E-state index is 15.5. The van der Waals surface area contributed by atoms with Gasteiger partial charge in [-0.25, -0.2) is 4.39 Å². The summed E-state index contributed by atoms with van der Waals surface area (Å²) in [4.78, 5) is 39.3. The lowest BCUT2D eigenvalue weighted by Gasteiger charge is -2.26. The summed E-state index contributed by atoms with van der Waals surface area (Å²) in [6.07, 6.45) is 5.01. The molecule has 6 aromatic rings. The Morgan fingerprint density at radius 3 is 2.53 bits per heavy atom. The monoisotopic (exact) mass is 747 g/mol. The molecule has 0 radical (unpaired) electrons. The summed E-state index contributed by atoms with van der Waals surface area (Å²) < 4.78 is 34.6. The van der Waals surface area contributed by atoms with Crippen molar-refractivity contribution >= 4 is 57.2 Å². The van der Waals surface area contributed by atoms with Gasteiger partial charge in [0.1, 0.15) is 17.1 Å². The molecule has 0 bridgehead atoms. The number of ether oxygens (including phenoxy) is 3. The third-order valence-corrected chi connectivity index (χ3v) is 9.47. The topological polar surface area (TPSA) is 108 Å². The number of carbonyl (C=O) groups is 1. The molecule has 262 valence electrons. The minimum Gasteiger partial charge on any atom is -0.493 e. The van der Waals surface area contributed by atoms with Crippen molar-refractivity contribution in [3.05, 3.63) is 124 Å². The number of hydrogen-bond donors (Lipinski definition) is 1. The smallest absolute Gasteiger partial charge is 0.271 e. The quantitative estimate of drug-likeness (QED) is 0.150. The molecule has 1 amide bonds. The van der Waals surface area contributed by atoms with Gasteiger partial charge in [0.15, 0.2) is 11.6 Å². The summed E-state index contributed by atoms with van der Waals surface area (Å²) in [5.41, 5.74) is 2.45. The number of anilines is 1. The van der Waals surface area contributed by atoms with E-state index in [0.29, 0.717) is 22.0 Å². The number of amides is 1. The molecule has 2 aromatic carbocycles. The van der Waals surface area contributed by atoms with Gasteiger partial charge in [0, 0.05) is 66.8 Å². The van der Waals surface area contributed by atoms with Gasteiger partial charge in [-0.05, 0) is 67.1 Å². The molecule has 4 aromatic heterocycles. The molecular formula is C37H32Cl2FN5O5S. The summed E-state index contributed by atoms with van der Waals surface area (Å²) >= 11 is 7.46. The summed E-state index contributed by atoms with van der Waals surface area (Å²) in [6, 6.07) is 19.9. The van der Waals surface area contributed by atoms with E-state index in [4.69, 9.17) is 30.8 Å². The molecule has 0 atom stereocenters. The normalized spacial score (nSPS) is 13.1. The number of fused-ring (bicyclic) bond motifs is 1. The molecule has 5 heterocycles. The fourth-order valence-electron chi connectivity index (χ4n) is 5.58. The van der Waals surface area contributed by atoms with Crippen LogP contribution in [0.3, 0.4) is 0 Å². The van der Waals surface area contributed by atoms with Gasteiger partial charge < -0.3 is 19.5 Å². The summed E-state index contributed by atoms with van der Waals surface area (Å²) in [5.74, 6) is -0.967. The number of halogens is 3. The number of hydrogen-bond acceptors (Lipinski definition) is 9. The van der Waals surface area contributed by atoms with Crippen LogP contribution in [-0.4, -0.2) is 58.3 Å². The summed E-state index contributed by atoms with van der Waals surface area (Å²) in [5, 5.41) is 3.13. The van der Waals surface area contributed by atoms with Crippen LogP contribution in [0.2, 0.25) is 5.02 Å². The van der Waals surface area contributed by atoms with Gasteiger partial charge in [-0.2, -0.15) is 0 Å². The Labute approximate surface area is 307 Å². The SMILES string of the molecule is CCOc1ccn(-c2ccc(Cl)cc2)c(=O)c1C(=O)Nc1ccc(Oc2ccnc3cc(-c4ccc(CN5CCOCC5)cn4)sc23)c(F)c1.Cl. The van der Waals surface area contributed by atoms with Crippen molar-refractivity contribution < 1.29 is 23.4 Å². The zero-order chi connectivity index (χ0) is 34.6. The van der Waals surface area contributed by atoms with E-state index < -0.39 is 17.3 Å². The molecule has 0 saturated carbocycles. The molecule has 1 aliphatic rings. The molecule has 14 heteroatoms. The Bertz CT molecular complexity index is 2220. The van der Waals surface area contributed by atoms with Crippen LogP contribution >= 0.6 is 35.3 Å². The molecule has 1 N–H and O–H groups in total. The summed E-state index contributed by atoms with van der Waals surface area (Å²) in [7, 11) is 0. The first-order chi connectivity index (χ1) is 24.4. The van der Waals surface area contributed by atoms with Crippen LogP contribution in [0.25, 0.3) is 26.5 Å². The van der Waals surface area contributed by atoms with Crippen LogP contribution in [-0.2, 0) is 11.3 Å². The van der Waals surface area contributed by atoms with E-state index in [-0.39, 0.29) is 41.8 Å². The lowest BCUT2D eigenvalue weighted by atomic mass is 10.2. The van der Waals surface area contributed by atoms with Crippen LogP contribution in [0.15, 0.2) is 96.2 Å². The van der Waals surface area contributed by atoms with Gasteiger partial charge in [0.2, 0.25) is 0 Å². The number of rotatable bonds is 10. The van der Waals surface area contributed by atoms with E-state index in [1.165, 1.54) is 40.3 Å². The lowest BCUT2D eigenvalue weighted by Crippen LogP contribution is -2.35. The number of morpholine rings is 1. The third-order valence-electron chi connectivity index (χ3n) is 8.06. The van der Waals surface area contributed by atoms with Crippen LogP contribution in [0.1, 0.15) is 22.8 Å². The second kappa shape index (κ2) is 16.0. The highest BCUT2D eigenvalue weighted by atomic mass is 35.5. The number of nitrogens with one attached hydrogen (secondary N) is 1. The molecule has 0 aliphatic carbocycles. The van der Waals surface area contributed by atoms with E-state index in [2.05, 4.69) is 21.3 Å². The third kappa shape index (κ3) is 8.06. The molecule has 0 spiro atoms. The second-order valence-electron chi connectivity index (χ2n) is 11.4. The van der Waals surface area contributed by atoms with Crippen molar-refractivity contribution in [1.29, 1.82) is 0 Å². The maximum atomic E-state index is 15.5. The molecule has 0 unspecified atom stereocenters. The first-order valence-corrected chi connectivity index (χ1v) is 17.1. The average Bonchev–Trinajstić information content (AvgIpc) is 3.56. The minimum atomic E-state index is -0.750. The van der Waals surface area contributed by atoms with Crippen molar-refractivity contribution in [2.45, 2.75) is 13.5 Å². The van der Waals surface area contributed by atoms with E-state index in [9.17, 15) is 9.59 Å². The van der Waals surface area contributed by atoms with E-state index >= 15 is 4.39 Å². The molecule has 1 aliphatic heterocycles. The molecule has 1 fully saturated rings. The van der Waals surface area contributed by atoms with E-state index in [1.54, 1.807) is 43.5 Å². The molecule has 10 nitrogen and oxygen atoms in total. The zero-order valence-electron chi connectivity index (χ0n) is 27.3. The lowest BCUT2D eigenvalue weighted by molar-refractivity contribution is 0.0341. The van der Waals surface area contributed by atoms with E-state index in [1.807, 2.05) is 18.3 Å². The molecular weight excluding hydrogens is 716 g/mol. The number of carbonyl (C=O) groups excluding carboxylic acids is 1. The second-order valence-corrected chi connectivity index (χ2v) is 12.9. The van der Waals surface area contributed by atoms with Crippen molar-refractivity contribution in [2.75, 3.05) is 38.2 Å². The predicted octanol–water partition coefficient (Wildman–Crippen LogP) is 8.00. The first kappa shape index (κ1) is 36.0. The highest BCUT2D eigenvalue weighted by molar-refractivity contribution is 7.22. The number of pyridine rings is 3. The first-order valence-electron chi connectivity index (χ1n) is 15.9. The van der Waals surface area contributed by atoms with Crippen LogP contribution < -0.4 is 20.3 Å². The predicted molar refractivity (Wildman–Crippen MR) is 199 cm³/mol. The Hall–Kier alpha value is -4.85. The van der Waals surface area contributed by atoms with Crippen molar-refractivity contribution in [3.63, 3.8) is 0 Å². The van der Waals surface area contributed by atoms with Crippen molar-refractivity contribution in [2.24, 2.45) is 0 Å². The van der Waals surface area contributed by atoms with Gasteiger partial charge in [-0.1, -0.05) is 17.7 Å². The fraction of sp³-hybridized carbons (Fsp3) is 0.189. The van der Waals surface area contributed by atoms with Gasteiger partial charge in [-0.15, -0.1) is 23.7 Å². The van der Waals surface area contributed by atoms with Crippen LogP contribution in [0, 0.1) is 5.82 Å². The number of thiophene rings is 1. The van der Waals surface area contributed by atoms with E-state index in [0.717, 1.165) is 59.7 Å². The number of aromatic nitrogens is 3. The maximum Gasteiger partial charge on any atom is 0.271 e. The minimum absolute atomic E-state index is 0.